The Morgan fingerprint density at radius 1 is 0.533 bits per heavy atom. The molecule has 0 atom stereocenters. The lowest BCUT2D eigenvalue weighted by molar-refractivity contribution is 1.15. The van der Waals surface area contributed by atoms with Crippen molar-refractivity contribution in [1.82, 2.24) is 0 Å². The molecular weight excluding hydrogens is 180 g/mol. The standard InChI is InChI=1S/C15H12/c1-4-10-11(5-1)13-7-3-9-15(13)14-8-2-6-12(10)14/h1-4,6-7H,5,8-9H2. The van der Waals surface area contributed by atoms with Crippen molar-refractivity contribution < 1.29 is 0 Å². The zero-order valence-corrected chi connectivity index (χ0v) is 8.59. The molecule has 0 saturated heterocycles. The molecule has 72 valence electrons. The van der Waals surface area contributed by atoms with E-state index in [4.69, 9.17) is 0 Å². The molecule has 0 aromatic heterocycles. The molecule has 3 aliphatic carbocycles. The zero-order chi connectivity index (χ0) is 9.83. The fourth-order valence-electron chi connectivity index (χ4n) is 3.13. The molecule has 0 saturated carbocycles. The summed E-state index contributed by atoms with van der Waals surface area (Å²) < 4.78 is 0. The Morgan fingerprint density at radius 2 is 1.00 bits per heavy atom. The summed E-state index contributed by atoms with van der Waals surface area (Å²) in [5.74, 6) is 0. The summed E-state index contributed by atoms with van der Waals surface area (Å²) in [7, 11) is 0. The van der Waals surface area contributed by atoms with Crippen molar-refractivity contribution in [2.24, 2.45) is 0 Å². The monoisotopic (exact) mass is 192 g/mol. The van der Waals surface area contributed by atoms with Gasteiger partial charge in [-0.15, -0.1) is 0 Å². The lowest BCUT2D eigenvalue weighted by atomic mass is 9.90. The van der Waals surface area contributed by atoms with E-state index in [2.05, 4.69) is 36.5 Å². The van der Waals surface area contributed by atoms with E-state index in [1.807, 2.05) is 0 Å². The van der Waals surface area contributed by atoms with Crippen LogP contribution < -0.4 is 0 Å². The highest BCUT2D eigenvalue weighted by Crippen LogP contribution is 2.40. The maximum atomic E-state index is 2.32. The molecule has 0 spiro atoms. The minimum absolute atomic E-state index is 1.13. The SMILES string of the molecule is C1=Cc2c3c(c4c(c2C1)C=CC4)CC=C3. The first-order valence-electron chi connectivity index (χ1n) is 5.65. The van der Waals surface area contributed by atoms with Crippen molar-refractivity contribution >= 4 is 18.2 Å². The predicted octanol–water partition coefficient (Wildman–Crippen LogP) is 3.39. The molecule has 0 bridgehead atoms. The van der Waals surface area contributed by atoms with Crippen molar-refractivity contribution in [3.05, 3.63) is 51.6 Å². The highest BCUT2D eigenvalue weighted by molar-refractivity contribution is 5.83. The molecule has 0 fully saturated rings. The van der Waals surface area contributed by atoms with Crippen LogP contribution in [0.2, 0.25) is 0 Å². The molecule has 0 unspecified atom stereocenters. The van der Waals surface area contributed by atoms with Gasteiger partial charge in [-0.1, -0.05) is 36.5 Å². The van der Waals surface area contributed by atoms with Gasteiger partial charge in [-0.2, -0.15) is 0 Å². The quantitative estimate of drug-likeness (QED) is 0.591. The number of hydrogen-bond acceptors (Lipinski definition) is 0. The minimum atomic E-state index is 1.13. The first-order valence-corrected chi connectivity index (χ1v) is 5.65. The first kappa shape index (κ1) is 7.70. The van der Waals surface area contributed by atoms with E-state index in [1.165, 1.54) is 16.7 Å². The Morgan fingerprint density at radius 3 is 1.73 bits per heavy atom. The smallest absolute Gasteiger partial charge is 0.00819 e. The molecule has 0 heterocycles. The van der Waals surface area contributed by atoms with Crippen LogP contribution in [-0.2, 0) is 19.3 Å². The third kappa shape index (κ3) is 0.829. The summed E-state index contributed by atoms with van der Waals surface area (Å²) in [5, 5.41) is 0. The third-order valence-electron chi connectivity index (χ3n) is 3.77. The van der Waals surface area contributed by atoms with Gasteiger partial charge in [-0.3, -0.25) is 0 Å². The van der Waals surface area contributed by atoms with Gasteiger partial charge in [0.1, 0.15) is 0 Å². The Hall–Kier alpha value is -1.56. The van der Waals surface area contributed by atoms with Crippen LogP contribution >= 0.6 is 0 Å². The van der Waals surface area contributed by atoms with Crippen LogP contribution in [0.3, 0.4) is 0 Å². The van der Waals surface area contributed by atoms with Gasteiger partial charge in [0.05, 0.1) is 0 Å². The third-order valence-corrected chi connectivity index (χ3v) is 3.77. The van der Waals surface area contributed by atoms with Crippen LogP contribution in [0, 0.1) is 0 Å². The molecule has 1 aromatic carbocycles. The van der Waals surface area contributed by atoms with Crippen molar-refractivity contribution in [1.29, 1.82) is 0 Å². The van der Waals surface area contributed by atoms with Gasteiger partial charge in [0.15, 0.2) is 0 Å². The fourth-order valence-corrected chi connectivity index (χ4v) is 3.13. The average Bonchev–Trinajstić information content (AvgIpc) is 2.97. The highest BCUT2D eigenvalue weighted by Gasteiger charge is 2.24. The minimum Gasteiger partial charge on any atom is -0.0795 e. The topological polar surface area (TPSA) is 0 Å². The van der Waals surface area contributed by atoms with E-state index in [0.29, 0.717) is 0 Å². The lowest BCUT2D eigenvalue weighted by Gasteiger charge is -2.14. The van der Waals surface area contributed by atoms with E-state index >= 15 is 0 Å². The van der Waals surface area contributed by atoms with Crippen LogP contribution in [0.4, 0.5) is 0 Å². The second kappa shape index (κ2) is 2.52. The van der Waals surface area contributed by atoms with E-state index < -0.39 is 0 Å². The van der Waals surface area contributed by atoms with Gasteiger partial charge < -0.3 is 0 Å². The van der Waals surface area contributed by atoms with Gasteiger partial charge in [0.25, 0.3) is 0 Å². The Labute approximate surface area is 89.6 Å². The van der Waals surface area contributed by atoms with Gasteiger partial charge in [0, 0.05) is 0 Å². The van der Waals surface area contributed by atoms with Crippen LogP contribution in [0.5, 0.6) is 0 Å². The van der Waals surface area contributed by atoms with Gasteiger partial charge in [0.2, 0.25) is 0 Å². The van der Waals surface area contributed by atoms with Gasteiger partial charge >= 0.3 is 0 Å². The number of hydrogen-bond donors (Lipinski definition) is 0. The van der Waals surface area contributed by atoms with Crippen LogP contribution in [-0.4, -0.2) is 0 Å². The molecule has 0 nitrogen and oxygen atoms in total. The average molecular weight is 192 g/mol. The maximum absolute atomic E-state index is 2.32. The summed E-state index contributed by atoms with van der Waals surface area (Å²) in [6, 6.07) is 0. The van der Waals surface area contributed by atoms with Crippen molar-refractivity contribution in [3.8, 4) is 0 Å². The number of benzene rings is 1. The van der Waals surface area contributed by atoms with Crippen LogP contribution in [0.1, 0.15) is 33.4 Å². The normalized spacial score (nSPS) is 18.4. The number of allylic oxidation sites excluding steroid dienone is 3. The Bertz CT molecular complexity index is 554. The number of rotatable bonds is 0. The van der Waals surface area contributed by atoms with Crippen molar-refractivity contribution in [2.75, 3.05) is 0 Å². The van der Waals surface area contributed by atoms with Crippen molar-refractivity contribution in [3.63, 3.8) is 0 Å². The summed E-state index contributed by atoms with van der Waals surface area (Å²) in [4.78, 5) is 0. The molecule has 3 aliphatic rings. The fraction of sp³-hybridized carbons (Fsp3) is 0.200. The first-order chi connectivity index (χ1) is 7.45. The molecule has 0 N–H and O–H groups in total. The summed E-state index contributed by atoms with van der Waals surface area (Å²) in [6.45, 7) is 0. The van der Waals surface area contributed by atoms with E-state index in [0.717, 1.165) is 19.3 Å². The van der Waals surface area contributed by atoms with Crippen LogP contribution in [0.15, 0.2) is 18.2 Å². The maximum Gasteiger partial charge on any atom is -0.00819 e. The highest BCUT2D eigenvalue weighted by atomic mass is 14.3. The van der Waals surface area contributed by atoms with Crippen LogP contribution in [0.25, 0.3) is 18.2 Å². The van der Waals surface area contributed by atoms with Gasteiger partial charge in [-0.05, 0) is 52.6 Å². The summed E-state index contributed by atoms with van der Waals surface area (Å²) in [5.41, 5.74) is 9.25. The molecule has 0 heteroatoms. The Balaban J connectivity index is 2.16. The molecule has 0 radical (unpaired) electrons. The van der Waals surface area contributed by atoms with Crippen molar-refractivity contribution in [2.45, 2.75) is 19.3 Å². The van der Waals surface area contributed by atoms with Gasteiger partial charge in [-0.25, -0.2) is 0 Å². The predicted molar refractivity (Wildman–Crippen MR) is 64.7 cm³/mol. The second-order valence-corrected chi connectivity index (χ2v) is 4.50. The molecule has 0 aliphatic heterocycles. The summed E-state index contributed by atoms with van der Waals surface area (Å²) in [6.07, 6.45) is 17.2. The van der Waals surface area contributed by atoms with E-state index in [1.54, 1.807) is 16.7 Å². The molecule has 0 amide bonds. The van der Waals surface area contributed by atoms with E-state index in [-0.39, 0.29) is 0 Å². The largest absolute Gasteiger partial charge is 0.0795 e. The van der Waals surface area contributed by atoms with E-state index in [9.17, 15) is 0 Å². The summed E-state index contributed by atoms with van der Waals surface area (Å²) >= 11 is 0. The number of fused-ring (bicyclic) bond motifs is 6. The second-order valence-electron chi connectivity index (χ2n) is 4.50. The Kier molecular flexibility index (Phi) is 1.29. The molecule has 15 heavy (non-hydrogen) atoms. The zero-order valence-electron chi connectivity index (χ0n) is 8.59. The molecular formula is C15H12. The molecule has 4 rings (SSSR count). The lowest BCUT2D eigenvalue weighted by Crippen LogP contribution is -1.99. The molecule has 1 aromatic rings.